The second-order valence-corrected chi connectivity index (χ2v) is 3.56. The van der Waals surface area contributed by atoms with Crippen molar-refractivity contribution in [3.05, 3.63) is 28.8 Å². The van der Waals surface area contributed by atoms with Gasteiger partial charge in [0.05, 0.1) is 5.52 Å². The second-order valence-electron chi connectivity index (χ2n) is 2.81. The number of imidazole rings is 1. The van der Waals surface area contributed by atoms with Crippen LogP contribution in [0.5, 0.6) is 5.75 Å². The third-order valence-corrected chi connectivity index (χ3v) is 2.55. The molecule has 1 N–H and O–H groups in total. The van der Waals surface area contributed by atoms with Gasteiger partial charge in [-0.05, 0) is 22.0 Å². The third-order valence-electron chi connectivity index (χ3n) is 1.97. The molecule has 2 heterocycles. The Morgan fingerprint density at radius 2 is 2.38 bits per heavy atom. The Bertz CT molecular complexity index is 450. The minimum absolute atomic E-state index is 0.260. The number of aryl methyl sites for hydroxylation is 1. The Morgan fingerprint density at radius 1 is 1.62 bits per heavy atom. The molecule has 0 saturated heterocycles. The van der Waals surface area contributed by atoms with Gasteiger partial charge in [-0.25, -0.2) is 4.98 Å². The van der Waals surface area contributed by atoms with Gasteiger partial charge in [-0.1, -0.05) is 6.92 Å². The topological polar surface area (TPSA) is 37.5 Å². The van der Waals surface area contributed by atoms with E-state index in [1.807, 2.05) is 17.5 Å². The van der Waals surface area contributed by atoms with Gasteiger partial charge in [0, 0.05) is 18.7 Å². The van der Waals surface area contributed by atoms with Crippen molar-refractivity contribution in [3.8, 4) is 5.75 Å². The van der Waals surface area contributed by atoms with Crippen molar-refractivity contribution in [1.29, 1.82) is 0 Å². The van der Waals surface area contributed by atoms with E-state index in [0.29, 0.717) is 0 Å². The Kier molecular flexibility index (Phi) is 2.00. The van der Waals surface area contributed by atoms with Crippen LogP contribution in [0.4, 0.5) is 0 Å². The largest absolute Gasteiger partial charge is 0.508 e. The van der Waals surface area contributed by atoms with Crippen molar-refractivity contribution in [1.82, 2.24) is 9.38 Å². The number of halogens is 1. The lowest BCUT2D eigenvalue weighted by atomic mass is 10.4. The van der Waals surface area contributed by atoms with Gasteiger partial charge in [0.1, 0.15) is 16.2 Å². The van der Waals surface area contributed by atoms with Crippen LogP contribution in [-0.2, 0) is 6.42 Å². The van der Waals surface area contributed by atoms with Crippen molar-refractivity contribution in [2.75, 3.05) is 0 Å². The number of rotatable bonds is 1. The lowest BCUT2D eigenvalue weighted by Gasteiger charge is -1.97. The van der Waals surface area contributed by atoms with Crippen LogP contribution in [0.3, 0.4) is 0 Å². The molecule has 0 saturated carbocycles. The maximum atomic E-state index is 9.27. The summed E-state index contributed by atoms with van der Waals surface area (Å²) >= 11 is 3.35. The molecule has 0 aromatic carbocycles. The van der Waals surface area contributed by atoms with Gasteiger partial charge >= 0.3 is 0 Å². The zero-order valence-corrected chi connectivity index (χ0v) is 8.74. The van der Waals surface area contributed by atoms with Gasteiger partial charge in [0.25, 0.3) is 0 Å². The fourth-order valence-corrected chi connectivity index (χ4v) is 1.86. The van der Waals surface area contributed by atoms with Crippen molar-refractivity contribution < 1.29 is 5.11 Å². The molecular formula is C9H9BrN2O. The summed E-state index contributed by atoms with van der Waals surface area (Å²) < 4.78 is 2.74. The number of aromatic nitrogens is 2. The fraction of sp³-hybridized carbons (Fsp3) is 0.222. The summed E-state index contributed by atoms with van der Waals surface area (Å²) in [7, 11) is 0. The standard InChI is InChI=1S/C9H9BrN2O/c1-2-8-11-9(10)7-5-6(13)3-4-12(7)8/h3-5,13H,2H2,1H3. The van der Waals surface area contributed by atoms with Gasteiger partial charge in [0.15, 0.2) is 0 Å². The van der Waals surface area contributed by atoms with Gasteiger partial charge in [-0.2, -0.15) is 0 Å². The van der Waals surface area contributed by atoms with Crippen LogP contribution in [0.2, 0.25) is 0 Å². The van der Waals surface area contributed by atoms with Crippen LogP contribution in [-0.4, -0.2) is 14.5 Å². The highest BCUT2D eigenvalue weighted by Crippen LogP contribution is 2.22. The molecule has 0 aliphatic heterocycles. The van der Waals surface area contributed by atoms with Gasteiger partial charge in [0.2, 0.25) is 0 Å². The minimum atomic E-state index is 0.260. The van der Waals surface area contributed by atoms with Gasteiger partial charge < -0.3 is 9.51 Å². The number of aromatic hydroxyl groups is 1. The maximum Gasteiger partial charge on any atom is 0.132 e. The van der Waals surface area contributed by atoms with Crippen molar-refractivity contribution in [2.45, 2.75) is 13.3 Å². The summed E-state index contributed by atoms with van der Waals surface area (Å²) in [6.45, 7) is 2.05. The van der Waals surface area contributed by atoms with E-state index in [1.54, 1.807) is 12.1 Å². The maximum absolute atomic E-state index is 9.27. The molecule has 0 atom stereocenters. The summed E-state index contributed by atoms with van der Waals surface area (Å²) in [5.74, 6) is 1.25. The van der Waals surface area contributed by atoms with Crippen molar-refractivity contribution in [3.63, 3.8) is 0 Å². The molecule has 2 aromatic rings. The molecule has 4 heteroatoms. The lowest BCUT2D eigenvalue weighted by Crippen LogP contribution is -1.90. The highest BCUT2D eigenvalue weighted by Gasteiger charge is 2.06. The lowest BCUT2D eigenvalue weighted by molar-refractivity contribution is 0.475. The average molecular weight is 241 g/mol. The van der Waals surface area contributed by atoms with E-state index in [9.17, 15) is 5.11 Å². The number of nitrogens with zero attached hydrogens (tertiary/aromatic N) is 2. The van der Waals surface area contributed by atoms with E-state index >= 15 is 0 Å². The van der Waals surface area contributed by atoms with E-state index in [-0.39, 0.29) is 5.75 Å². The SMILES string of the molecule is CCc1nc(Br)c2cc(O)ccn12. The van der Waals surface area contributed by atoms with Crippen LogP contribution in [0.25, 0.3) is 5.52 Å². The predicted octanol–water partition coefficient (Wildman–Crippen LogP) is 2.36. The van der Waals surface area contributed by atoms with Crippen LogP contribution < -0.4 is 0 Å². The van der Waals surface area contributed by atoms with E-state index in [2.05, 4.69) is 20.9 Å². The first kappa shape index (κ1) is 8.56. The summed E-state index contributed by atoms with van der Waals surface area (Å²) in [5.41, 5.74) is 0.900. The first-order valence-corrected chi connectivity index (χ1v) is 4.87. The molecular weight excluding hydrogens is 232 g/mol. The number of hydrogen-bond donors (Lipinski definition) is 1. The second kappa shape index (κ2) is 3.03. The Labute approximate surface area is 84.2 Å². The predicted molar refractivity (Wildman–Crippen MR) is 53.9 cm³/mol. The van der Waals surface area contributed by atoms with Gasteiger partial charge in [-0.3, -0.25) is 0 Å². The molecule has 2 rings (SSSR count). The summed E-state index contributed by atoms with van der Waals surface area (Å²) in [6, 6.07) is 3.34. The van der Waals surface area contributed by atoms with E-state index in [1.165, 1.54) is 0 Å². The molecule has 0 unspecified atom stereocenters. The molecule has 0 aliphatic rings. The van der Waals surface area contributed by atoms with E-state index in [0.717, 1.165) is 22.4 Å². The number of fused-ring (bicyclic) bond motifs is 1. The van der Waals surface area contributed by atoms with Crippen LogP contribution in [0, 0.1) is 0 Å². The molecule has 2 aromatic heterocycles. The first-order valence-electron chi connectivity index (χ1n) is 4.08. The summed E-state index contributed by atoms with van der Waals surface area (Å²) in [6.07, 6.45) is 2.69. The summed E-state index contributed by atoms with van der Waals surface area (Å²) in [5, 5.41) is 9.27. The monoisotopic (exact) mass is 240 g/mol. The smallest absolute Gasteiger partial charge is 0.132 e. The number of hydrogen-bond acceptors (Lipinski definition) is 2. The average Bonchev–Trinajstić information content (AvgIpc) is 2.43. The van der Waals surface area contributed by atoms with Crippen LogP contribution in [0.15, 0.2) is 22.9 Å². The normalized spacial score (nSPS) is 10.9. The quantitative estimate of drug-likeness (QED) is 0.832. The zero-order valence-electron chi connectivity index (χ0n) is 7.16. The van der Waals surface area contributed by atoms with Crippen LogP contribution in [0.1, 0.15) is 12.7 Å². The first-order chi connectivity index (χ1) is 6.22. The molecule has 3 nitrogen and oxygen atoms in total. The van der Waals surface area contributed by atoms with Crippen molar-refractivity contribution >= 4 is 21.4 Å². The highest BCUT2D eigenvalue weighted by molar-refractivity contribution is 9.10. The molecule has 13 heavy (non-hydrogen) atoms. The Morgan fingerprint density at radius 3 is 3.08 bits per heavy atom. The van der Waals surface area contributed by atoms with Gasteiger partial charge in [-0.15, -0.1) is 0 Å². The van der Waals surface area contributed by atoms with E-state index in [4.69, 9.17) is 0 Å². The molecule has 0 fully saturated rings. The Hall–Kier alpha value is -1.03. The highest BCUT2D eigenvalue weighted by atomic mass is 79.9. The molecule has 0 amide bonds. The van der Waals surface area contributed by atoms with Crippen molar-refractivity contribution in [2.24, 2.45) is 0 Å². The fourth-order valence-electron chi connectivity index (χ4n) is 1.35. The Balaban J connectivity index is 2.80. The zero-order chi connectivity index (χ0) is 9.42. The van der Waals surface area contributed by atoms with Crippen LogP contribution >= 0.6 is 15.9 Å². The molecule has 68 valence electrons. The molecule has 0 bridgehead atoms. The molecule has 0 spiro atoms. The molecule has 0 radical (unpaired) electrons. The number of pyridine rings is 1. The summed E-state index contributed by atoms with van der Waals surface area (Å²) in [4.78, 5) is 4.32. The third kappa shape index (κ3) is 1.31. The minimum Gasteiger partial charge on any atom is -0.508 e. The molecule has 0 aliphatic carbocycles. The van der Waals surface area contributed by atoms with E-state index < -0.39 is 0 Å².